The van der Waals surface area contributed by atoms with Crippen LogP contribution in [0.3, 0.4) is 0 Å². The second-order valence-electron chi connectivity index (χ2n) is 6.30. The topological polar surface area (TPSA) is 81.6 Å². The maximum absolute atomic E-state index is 12.6. The minimum Gasteiger partial charge on any atom is -0.489 e. The van der Waals surface area contributed by atoms with Crippen molar-refractivity contribution < 1.29 is 18.5 Å². The Bertz CT molecular complexity index is 863. The lowest BCUT2D eigenvalue weighted by Crippen LogP contribution is -2.41. The van der Waals surface area contributed by atoms with Gasteiger partial charge in [-0.1, -0.05) is 5.16 Å². The third kappa shape index (κ3) is 3.46. The van der Waals surface area contributed by atoms with Gasteiger partial charge in [0.05, 0.1) is 12.5 Å². The van der Waals surface area contributed by atoms with Crippen LogP contribution >= 0.6 is 0 Å². The first-order chi connectivity index (χ1) is 12.7. The normalized spacial score (nSPS) is 15.2. The predicted molar refractivity (Wildman–Crippen MR) is 92.7 cm³/mol. The van der Waals surface area contributed by atoms with Gasteiger partial charge in [0.25, 0.3) is 5.91 Å². The molecule has 1 amide bonds. The van der Waals surface area contributed by atoms with Gasteiger partial charge in [-0.05, 0) is 31.2 Å². The van der Waals surface area contributed by atoms with E-state index in [4.69, 9.17) is 13.7 Å². The number of hydrogen-bond donors (Lipinski definition) is 0. The molecule has 1 aliphatic rings. The molecule has 3 aromatic heterocycles. The highest BCUT2D eigenvalue weighted by molar-refractivity contribution is 5.93. The zero-order chi connectivity index (χ0) is 17.9. The summed E-state index contributed by atoms with van der Waals surface area (Å²) in [5.74, 6) is 1.63. The van der Waals surface area contributed by atoms with Crippen LogP contribution in [0.4, 0.5) is 0 Å². The number of furan rings is 1. The zero-order valence-corrected chi connectivity index (χ0v) is 14.4. The molecule has 0 radical (unpaired) electrons. The van der Waals surface area contributed by atoms with E-state index < -0.39 is 0 Å². The maximum atomic E-state index is 12.6. The molecule has 7 heteroatoms. The Kier molecular flexibility index (Phi) is 4.43. The van der Waals surface area contributed by atoms with Crippen LogP contribution in [0, 0.1) is 6.92 Å². The van der Waals surface area contributed by atoms with E-state index >= 15 is 0 Å². The van der Waals surface area contributed by atoms with Crippen LogP contribution in [0.5, 0.6) is 5.75 Å². The van der Waals surface area contributed by atoms with E-state index in [2.05, 4.69) is 10.1 Å². The van der Waals surface area contributed by atoms with Crippen LogP contribution in [0.2, 0.25) is 0 Å². The molecular formula is C19H19N3O4. The third-order valence-corrected chi connectivity index (χ3v) is 4.41. The fraction of sp³-hybridized carbons (Fsp3) is 0.316. The standard InChI is InChI=1S/C19H19N3O4/c1-13-4-5-15(12-20-13)25-14-6-8-22(9-7-14)19(23)16-11-18(26-21-16)17-3-2-10-24-17/h2-5,10-12,14H,6-9H2,1H3. The first kappa shape index (κ1) is 16.4. The number of likely N-dealkylation sites (tertiary alicyclic amines) is 1. The molecule has 0 saturated carbocycles. The number of pyridine rings is 1. The lowest BCUT2D eigenvalue weighted by molar-refractivity contribution is 0.0585. The maximum Gasteiger partial charge on any atom is 0.276 e. The second kappa shape index (κ2) is 7.03. The average molecular weight is 353 g/mol. The smallest absolute Gasteiger partial charge is 0.276 e. The van der Waals surface area contributed by atoms with Crippen molar-refractivity contribution in [3.63, 3.8) is 0 Å². The SMILES string of the molecule is Cc1ccc(OC2CCN(C(=O)c3cc(-c4ccco4)on3)CC2)cn1. The summed E-state index contributed by atoms with van der Waals surface area (Å²) in [6.45, 7) is 3.17. The minimum atomic E-state index is -0.137. The summed E-state index contributed by atoms with van der Waals surface area (Å²) in [4.78, 5) is 18.6. The van der Waals surface area contributed by atoms with E-state index in [9.17, 15) is 4.79 Å². The Labute approximate surface area is 150 Å². The molecule has 4 heterocycles. The number of carbonyl (C=O) groups is 1. The molecule has 26 heavy (non-hydrogen) atoms. The van der Waals surface area contributed by atoms with Crippen LogP contribution in [0.15, 0.2) is 51.7 Å². The summed E-state index contributed by atoms with van der Waals surface area (Å²) in [5, 5.41) is 3.88. The molecule has 0 unspecified atom stereocenters. The van der Waals surface area contributed by atoms with Gasteiger partial charge in [0.2, 0.25) is 5.76 Å². The Hall–Kier alpha value is -3.09. The largest absolute Gasteiger partial charge is 0.489 e. The van der Waals surface area contributed by atoms with Crippen molar-refractivity contribution in [3.05, 3.63) is 54.2 Å². The molecule has 1 fully saturated rings. The molecule has 1 aliphatic heterocycles. The number of carbonyl (C=O) groups excluding carboxylic acids is 1. The number of rotatable bonds is 4. The van der Waals surface area contributed by atoms with Crippen LogP contribution in [-0.2, 0) is 0 Å². The zero-order valence-electron chi connectivity index (χ0n) is 14.4. The van der Waals surface area contributed by atoms with Crippen molar-refractivity contribution in [3.8, 4) is 17.3 Å². The van der Waals surface area contributed by atoms with Gasteiger partial charge in [0.15, 0.2) is 11.5 Å². The van der Waals surface area contributed by atoms with Gasteiger partial charge in [-0.2, -0.15) is 0 Å². The van der Waals surface area contributed by atoms with E-state index in [0.29, 0.717) is 30.3 Å². The number of aryl methyl sites for hydroxylation is 1. The highest BCUT2D eigenvalue weighted by atomic mass is 16.5. The number of amides is 1. The van der Waals surface area contributed by atoms with Crippen LogP contribution in [-0.4, -0.2) is 40.1 Å². The third-order valence-electron chi connectivity index (χ3n) is 4.41. The van der Waals surface area contributed by atoms with Crippen LogP contribution in [0.25, 0.3) is 11.5 Å². The van der Waals surface area contributed by atoms with Crippen molar-refractivity contribution in [1.29, 1.82) is 0 Å². The monoisotopic (exact) mass is 353 g/mol. The predicted octanol–water partition coefficient (Wildman–Crippen LogP) is 3.32. The van der Waals surface area contributed by atoms with Crippen molar-refractivity contribution in [1.82, 2.24) is 15.0 Å². The van der Waals surface area contributed by atoms with Gasteiger partial charge < -0.3 is 18.6 Å². The highest BCUT2D eigenvalue weighted by Gasteiger charge is 2.27. The lowest BCUT2D eigenvalue weighted by atomic mass is 10.1. The molecule has 4 rings (SSSR count). The second-order valence-corrected chi connectivity index (χ2v) is 6.30. The van der Waals surface area contributed by atoms with Crippen molar-refractivity contribution >= 4 is 5.91 Å². The first-order valence-electron chi connectivity index (χ1n) is 8.58. The molecule has 134 valence electrons. The Balaban J connectivity index is 1.34. The highest BCUT2D eigenvalue weighted by Crippen LogP contribution is 2.23. The van der Waals surface area contributed by atoms with Crippen molar-refractivity contribution in [2.75, 3.05) is 13.1 Å². The molecule has 0 N–H and O–H groups in total. The Morgan fingerprint density at radius 1 is 1.23 bits per heavy atom. The summed E-state index contributed by atoms with van der Waals surface area (Å²) in [6.07, 6.45) is 4.90. The molecule has 0 atom stereocenters. The number of nitrogens with zero attached hydrogens (tertiary/aromatic N) is 3. The van der Waals surface area contributed by atoms with E-state index in [1.54, 1.807) is 35.6 Å². The quantitative estimate of drug-likeness (QED) is 0.716. The number of hydrogen-bond acceptors (Lipinski definition) is 6. The van der Waals surface area contributed by atoms with E-state index in [1.807, 2.05) is 19.1 Å². The summed E-state index contributed by atoms with van der Waals surface area (Å²) in [5.41, 5.74) is 1.25. The average Bonchev–Trinajstić information content (AvgIpc) is 3.35. The van der Waals surface area contributed by atoms with Gasteiger partial charge in [-0.3, -0.25) is 9.78 Å². The summed E-state index contributed by atoms with van der Waals surface area (Å²) in [6, 6.07) is 8.98. The molecule has 1 saturated heterocycles. The van der Waals surface area contributed by atoms with Gasteiger partial charge in [0.1, 0.15) is 11.9 Å². The lowest BCUT2D eigenvalue weighted by Gasteiger charge is -2.31. The Morgan fingerprint density at radius 2 is 2.08 bits per heavy atom. The van der Waals surface area contributed by atoms with E-state index in [-0.39, 0.29) is 12.0 Å². The molecule has 0 aliphatic carbocycles. The van der Waals surface area contributed by atoms with Crippen LogP contribution < -0.4 is 4.74 Å². The molecule has 0 aromatic carbocycles. The van der Waals surface area contributed by atoms with Crippen molar-refractivity contribution in [2.24, 2.45) is 0 Å². The number of aromatic nitrogens is 2. The van der Waals surface area contributed by atoms with E-state index in [1.165, 1.54) is 0 Å². The fourth-order valence-corrected chi connectivity index (χ4v) is 2.97. The van der Waals surface area contributed by atoms with Crippen LogP contribution in [0.1, 0.15) is 29.0 Å². The van der Waals surface area contributed by atoms with Crippen molar-refractivity contribution in [2.45, 2.75) is 25.9 Å². The molecule has 0 spiro atoms. The van der Waals surface area contributed by atoms with Gasteiger partial charge >= 0.3 is 0 Å². The molecule has 7 nitrogen and oxygen atoms in total. The van der Waals surface area contributed by atoms with E-state index in [0.717, 1.165) is 24.3 Å². The molecular weight excluding hydrogens is 334 g/mol. The number of ether oxygens (including phenoxy) is 1. The first-order valence-corrected chi connectivity index (χ1v) is 8.58. The molecule has 0 bridgehead atoms. The van der Waals surface area contributed by atoms with Gasteiger partial charge in [0, 0.05) is 37.7 Å². The molecule has 3 aromatic rings. The fourth-order valence-electron chi connectivity index (χ4n) is 2.97. The van der Waals surface area contributed by atoms with Gasteiger partial charge in [-0.25, -0.2) is 0 Å². The Morgan fingerprint density at radius 3 is 2.77 bits per heavy atom. The van der Waals surface area contributed by atoms with Gasteiger partial charge in [-0.15, -0.1) is 0 Å². The summed E-state index contributed by atoms with van der Waals surface area (Å²) < 4.78 is 16.4. The summed E-state index contributed by atoms with van der Waals surface area (Å²) in [7, 11) is 0. The summed E-state index contributed by atoms with van der Waals surface area (Å²) >= 11 is 0. The number of piperidine rings is 1. The minimum absolute atomic E-state index is 0.0829.